The molecular weight excluding hydrogens is 326 g/mol. The average molecular weight is 342 g/mol. The van der Waals surface area contributed by atoms with Crippen LogP contribution < -0.4 is 5.32 Å². The van der Waals surface area contributed by atoms with Crippen molar-refractivity contribution in [3.8, 4) is 0 Å². The van der Waals surface area contributed by atoms with Crippen molar-refractivity contribution in [2.75, 3.05) is 5.32 Å². The Morgan fingerprint density at radius 2 is 1.81 bits per heavy atom. The lowest BCUT2D eigenvalue weighted by Crippen LogP contribution is -2.31. The summed E-state index contributed by atoms with van der Waals surface area (Å²) in [7, 11) is 0. The quantitative estimate of drug-likeness (QED) is 0.647. The zero-order chi connectivity index (χ0) is 14.8. The first-order chi connectivity index (χ1) is 10.2. The van der Waals surface area contributed by atoms with Crippen LogP contribution in [-0.4, -0.2) is 6.29 Å². The van der Waals surface area contributed by atoms with Gasteiger partial charge in [-0.05, 0) is 29.3 Å². The summed E-state index contributed by atoms with van der Waals surface area (Å²) in [5.74, 6) is -0.118. The number of anilines is 1. The Morgan fingerprint density at radius 3 is 2.48 bits per heavy atom. The van der Waals surface area contributed by atoms with E-state index in [4.69, 9.17) is 0 Å². The van der Waals surface area contributed by atoms with Crippen LogP contribution in [-0.2, 0) is 4.79 Å². The van der Waals surface area contributed by atoms with Crippen LogP contribution in [0.15, 0.2) is 65.7 Å². The molecule has 0 radical (unpaired) electrons. The molecule has 0 spiro atoms. The predicted molar refractivity (Wildman–Crippen MR) is 89.4 cm³/mol. The number of fused-ring (bicyclic) bond motifs is 1. The molecule has 2 nitrogen and oxygen atoms in total. The molecule has 2 aromatic carbocycles. The van der Waals surface area contributed by atoms with Gasteiger partial charge in [-0.15, -0.1) is 6.58 Å². The van der Waals surface area contributed by atoms with Gasteiger partial charge in [0.15, 0.2) is 0 Å². The van der Waals surface area contributed by atoms with Gasteiger partial charge in [-0.25, -0.2) is 0 Å². The average Bonchev–Trinajstić information content (AvgIpc) is 2.53. The van der Waals surface area contributed by atoms with Crippen molar-refractivity contribution in [1.29, 1.82) is 0 Å². The summed E-state index contributed by atoms with van der Waals surface area (Å²) in [6.07, 6.45) is 2.92. The number of hydrogen-bond acceptors (Lipinski definition) is 2. The zero-order valence-corrected chi connectivity index (χ0v) is 13.1. The number of allylic oxidation sites excluding steroid dienone is 1. The molecule has 0 aromatic heterocycles. The van der Waals surface area contributed by atoms with E-state index in [0.29, 0.717) is 0 Å². The van der Waals surface area contributed by atoms with Crippen LogP contribution in [0.4, 0.5) is 5.69 Å². The molecule has 106 valence electrons. The molecule has 3 heteroatoms. The van der Waals surface area contributed by atoms with Gasteiger partial charge in [0, 0.05) is 22.0 Å². The van der Waals surface area contributed by atoms with Gasteiger partial charge in [-0.2, -0.15) is 0 Å². The molecule has 21 heavy (non-hydrogen) atoms. The summed E-state index contributed by atoms with van der Waals surface area (Å²) in [4.78, 5) is 11.7. The third-order valence-electron chi connectivity index (χ3n) is 4.07. The summed E-state index contributed by atoms with van der Waals surface area (Å²) < 4.78 is 1.03. The molecule has 0 aliphatic carbocycles. The van der Waals surface area contributed by atoms with E-state index in [9.17, 15) is 4.79 Å². The van der Waals surface area contributed by atoms with Crippen LogP contribution >= 0.6 is 15.9 Å². The molecule has 0 saturated heterocycles. The van der Waals surface area contributed by atoms with Crippen molar-refractivity contribution < 1.29 is 4.79 Å². The second kappa shape index (κ2) is 5.86. The highest BCUT2D eigenvalue weighted by molar-refractivity contribution is 9.10. The van der Waals surface area contributed by atoms with Crippen molar-refractivity contribution in [1.82, 2.24) is 0 Å². The maximum atomic E-state index is 11.7. The summed E-state index contributed by atoms with van der Waals surface area (Å²) in [6, 6.07) is 16.2. The van der Waals surface area contributed by atoms with E-state index in [0.717, 1.165) is 27.6 Å². The molecule has 1 aliphatic heterocycles. The lowest BCUT2D eigenvalue weighted by molar-refractivity contribution is -0.111. The van der Waals surface area contributed by atoms with Crippen molar-refractivity contribution in [2.45, 2.75) is 12.0 Å². The fourth-order valence-electron chi connectivity index (χ4n) is 3.02. The highest BCUT2D eigenvalue weighted by Crippen LogP contribution is 2.44. The minimum atomic E-state index is -0.154. The van der Waals surface area contributed by atoms with Crippen LogP contribution in [0, 0.1) is 5.92 Å². The normalized spacial score (nSPS) is 23.8. The van der Waals surface area contributed by atoms with Gasteiger partial charge in [-0.1, -0.05) is 52.3 Å². The lowest BCUT2D eigenvalue weighted by atomic mass is 9.76. The molecule has 0 amide bonds. The zero-order valence-electron chi connectivity index (χ0n) is 11.5. The number of carbonyl (C=O) groups is 1. The molecule has 3 rings (SSSR count). The molecule has 0 bridgehead atoms. The van der Waals surface area contributed by atoms with Gasteiger partial charge >= 0.3 is 0 Å². The molecule has 0 unspecified atom stereocenters. The van der Waals surface area contributed by atoms with Crippen LogP contribution in [0.25, 0.3) is 0 Å². The molecule has 0 saturated carbocycles. The first-order valence-corrected chi connectivity index (χ1v) is 7.72. The fourth-order valence-corrected chi connectivity index (χ4v) is 3.28. The Morgan fingerprint density at radius 1 is 1.10 bits per heavy atom. The van der Waals surface area contributed by atoms with E-state index >= 15 is 0 Å². The van der Waals surface area contributed by atoms with E-state index < -0.39 is 0 Å². The van der Waals surface area contributed by atoms with Crippen molar-refractivity contribution >= 4 is 27.9 Å². The molecular formula is C18H16BrNO. The van der Waals surface area contributed by atoms with E-state index in [2.05, 4.69) is 40.0 Å². The molecule has 0 fully saturated rings. The maximum Gasteiger partial charge on any atom is 0.126 e. The number of aldehydes is 1. The summed E-state index contributed by atoms with van der Waals surface area (Å²) in [6.45, 7) is 3.93. The number of carbonyl (C=O) groups excluding carboxylic acids is 1. The maximum absolute atomic E-state index is 11.7. The van der Waals surface area contributed by atoms with Crippen LogP contribution in [0.2, 0.25) is 0 Å². The smallest absolute Gasteiger partial charge is 0.126 e. The van der Waals surface area contributed by atoms with Crippen molar-refractivity contribution in [2.24, 2.45) is 5.92 Å². The first kappa shape index (κ1) is 14.1. The van der Waals surface area contributed by atoms with E-state index in [-0.39, 0.29) is 17.9 Å². The minimum Gasteiger partial charge on any atom is -0.377 e. The molecule has 1 aliphatic rings. The van der Waals surface area contributed by atoms with Gasteiger partial charge in [-0.3, -0.25) is 0 Å². The van der Waals surface area contributed by atoms with Gasteiger partial charge < -0.3 is 10.1 Å². The Balaban J connectivity index is 2.07. The van der Waals surface area contributed by atoms with Crippen molar-refractivity contribution in [3.05, 3.63) is 76.8 Å². The summed E-state index contributed by atoms with van der Waals surface area (Å²) >= 11 is 3.45. The highest BCUT2D eigenvalue weighted by Gasteiger charge is 2.35. The van der Waals surface area contributed by atoms with E-state index in [1.807, 2.05) is 42.5 Å². The van der Waals surface area contributed by atoms with E-state index in [1.54, 1.807) is 0 Å². The topological polar surface area (TPSA) is 29.1 Å². The van der Waals surface area contributed by atoms with Crippen LogP contribution in [0.3, 0.4) is 0 Å². The second-order valence-electron chi connectivity index (χ2n) is 5.24. The van der Waals surface area contributed by atoms with Gasteiger partial charge in [0.1, 0.15) is 6.29 Å². The summed E-state index contributed by atoms with van der Waals surface area (Å²) in [5, 5.41) is 3.50. The monoisotopic (exact) mass is 341 g/mol. The van der Waals surface area contributed by atoms with Gasteiger partial charge in [0.05, 0.1) is 6.04 Å². The van der Waals surface area contributed by atoms with Gasteiger partial charge in [0.2, 0.25) is 0 Å². The standard InChI is InChI=1S/C18H16BrNO/c1-2-14-15-5-3-4-6-17(15)20-18(16(14)11-21)12-7-9-13(19)10-8-12/h2-11,14,16,18,20H,1H2/t14-,16+,18-/m1/s1. The lowest BCUT2D eigenvalue weighted by Gasteiger charge is -2.37. The SMILES string of the molecule is C=C[C@@H]1c2ccccc2N[C@H](c2ccc(Br)cc2)[C@H]1C=O. The highest BCUT2D eigenvalue weighted by atomic mass is 79.9. The molecule has 1 heterocycles. The molecule has 2 aromatic rings. The number of nitrogens with one attached hydrogen (secondary N) is 1. The Kier molecular flexibility index (Phi) is 3.93. The van der Waals surface area contributed by atoms with E-state index in [1.165, 1.54) is 0 Å². The Bertz CT molecular complexity index is 665. The third-order valence-corrected chi connectivity index (χ3v) is 4.60. The number of benzene rings is 2. The summed E-state index contributed by atoms with van der Waals surface area (Å²) in [5.41, 5.74) is 3.32. The largest absolute Gasteiger partial charge is 0.377 e. The Hall–Kier alpha value is -1.87. The molecule has 3 atom stereocenters. The third kappa shape index (κ3) is 2.54. The van der Waals surface area contributed by atoms with Gasteiger partial charge in [0.25, 0.3) is 0 Å². The Labute approximate surface area is 133 Å². The first-order valence-electron chi connectivity index (χ1n) is 6.93. The van der Waals surface area contributed by atoms with Crippen LogP contribution in [0.5, 0.6) is 0 Å². The fraction of sp³-hybridized carbons (Fsp3) is 0.167. The van der Waals surface area contributed by atoms with Crippen LogP contribution in [0.1, 0.15) is 23.1 Å². The number of para-hydroxylation sites is 1. The number of halogens is 1. The molecule has 1 N–H and O–H groups in total. The predicted octanol–water partition coefficient (Wildman–Crippen LogP) is 4.70. The van der Waals surface area contributed by atoms with Crippen molar-refractivity contribution in [3.63, 3.8) is 0 Å². The minimum absolute atomic E-state index is 0.0338. The number of rotatable bonds is 3. The number of hydrogen-bond donors (Lipinski definition) is 1. The second-order valence-corrected chi connectivity index (χ2v) is 6.15.